The standard InChI is InChI=1S/C47H58BClN8O14S2/c1-26(39(60)70-48)71-53-32(31-35(49)73-41(51-31)52-42(62)67-45(2,3)4)36(58)50-33-37(59)57-34(40(61)66-24-27-13-15-30(65-12)16-14-27)28(25-72-38(33)57)23-55-19-17-29(18-20-55)56(44(64)69-47(8,9)10)22-21-54(11)43(63)68-46(5,6)7/h13-20,26,33,38H,21-25H2,1-12H3,(H-,50,51,52,58,62)/p+1/t26-,33+,38+/m0/s1. The summed E-state index contributed by atoms with van der Waals surface area (Å²) in [5.74, 6) is -2.76. The minimum atomic E-state index is -1.41. The number of hydrogen-bond acceptors (Lipinski definition) is 18. The number of esters is 1. The Morgan fingerprint density at radius 3 is 2.14 bits per heavy atom. The van der Waals surface area contributed by atoms with Crippen molar-refractivity contribution in [2.75, 3.05) is 43.2 Å². The molecule has 392 valence electrons. The van der Waals surface area contributed by atoms with E-state index in [1.165, 1.54) is 40.5 Å². The van der Waals surface area contributed by atoms with Crippen LogP contribution >= 0.6 is 34.7 Å². The summed E-state index contributed by atoms with van der Waals surface area (Å²) >= 11 is 8.54. The maximum Gasteiger partial charge on any atom is 0.414 e. The molecular formula is C47H59BClN8O14S2+. The Hall–Kier alpha value is -6.60. The molecule has 1 aromatic carbocycles. The van der Waals surface area contributed by atoms with Crippen molar-refractivity contribution in [3.63, 3.8) is 0 Å². The number of methoxy groups -OCH3 is 1. The summed E-state index contributed by atoms with van der Waals surface area (Å²) in [7, 11) is 8.09. The van der Waals surface area contributed by atoms with E-state index < -0.39 is 82.1 Å². The summed E-state index contributed by atoms with van der Waals surface area (Å²) in [4.78, 5) is 107. The SMILES string of the molecule is [B]OC(=O)[C@H](C)ON=C(C(=O)N[C@@H]1C(=O)N2C(C(=O)OCc3ccc(OC)cc3)=C(C[n+]3ccc(N(CCN(C)C(=O)OC(C)(C)C)C(=O)OC(C)(C)C)cc3)CS[C@H]12)c1nc(NC(=O)OC(C)(C)C)sc1Cl. The molecule has 4 heterocycles. The number of anilines is 2. The Kier molecular flexibility index (Phi) is 18.8. The van der Waals surface area contributed by atoms with Crippen LogP contribution in [0.15, 0.2) is 65.2 Å². The molecule has 1 saturated heterocycles. The second kappa shape index (κ2) is 24.0. The molecule has 2 N–H and O–H groups in total. The van der Waals surface area contributed by atoms with Crippen LogP contribution in [0.2, 0.25) is 4.34 Å². The number of benzene rings is 1. The van der Waals surface area contributed by atoms with Gasteiger partial charge in [-0.05, 0) is 86.9 Å². The lowest BCUT2D eigenvalue weighted by Crippen LogP contribution is -2.71. The van der Waals surface area contributed by atoms with Crippen LogP contribution in [-0.4, -0.2) is 138 Å². The van der Waals surface area contributed by atoms with Gasteiger partial charge < -0.3 is 43.4 Å². The van der Waals surface area contributed by atoms with E-state index >= 15 is 0 Å². The van der Waals surface area contributed by atoms with Gasteiger partial charge in [0.15, 0.2) is 29.8 Å². The number of nitrogens with one attached hydrogen (secondary N) is 2. The number of likely N-dealkylation sites (N-methyl/N-ethyl adjacent to an activating group) is 1. The van der Waals surface area contributed by atoms with E-state index in [0.717, 1.165) is 11.3 Å². The number of thioether (sulfide) groups is 1. The van der Waals surface area contributed by atoms with Crippen molar-refractivity contribution in [1.82, 2.24) is 20.1 Å². The number of hydrogen-bond donors (Lipinski definition) is 2. The lowest BCUT2D eigenvalue weighted by Gasteiger charge is -2.49. The molecule has 26 heteroatoms. The van der Waals surface area contributed by atoms with E-state index in [4.69, 9.17) is 48.2 Å². The Morgan fingerprint density at radius 1 is 0.932 bits per heavy atom. The largest absolute Gasteiger partial charge is 0.541 e. The number of fused-ring (bicyclic) bond motifs is 1. The van der Waals surface area contributed by atoms with Gasteiger partial charge >= 0.3 is 38.3 Å². The zero-order valence-electron chi connectivity index (χ0n) is 42.6. The van der Waals surface area contributed by atoms with Gasteiger partial charge in [-0.1, -0.05) is 40.2 Å². The van der Waals surface area contributed by atoms with Crippen molar-refractivity contribution in [3.8, 4) is 5.75 Å². The van der Waals surface area contributed by atoms with E-state index in [1.54, 1.807) is 123 Å². The number of pyridine rings is 1. The first-order valence-corrected chi connectivity index (χ1v) is 24.8. The lowest BCUT2D eigenvalue weighted by molar-refractivity contribution is -0.689. The normalized spacial score (nSPS) is 16.2. The third-order valence-electron chi connectivity index (χ3n) is 9.98. The highest BCUT2D eigenvalue weighted by molar-refractivity contribution is 8.00. The number of halogens is 1. The van der Waals surface area contributed by atoms with Crippen molar-refractivity contribution < 1.29 is 71.3 Å². The highest BCUT2D eigenvalue weighted by Crippen LogP contribution is 2.41. The minimum Gasteiger partial charge on any atom is -0.541 e. The minimum absolute atomic E-state index is 0.0448. The van der Waals surface area contributed by atoms with Crippen molar-refractivity contribution in [3.05, 3.63) is 75.7 Å². The highest BCUT2D eigenvalue weighted by Gasteiger charge is 2.55. The predicted molar refractivity (Wildman–Crippen MR) is 270 cm³/mol. The van der Waals surface area contributed by atoms with Crippen LogP contribution in [0.1, 0.15) is 80.5 Å². The quantitative estimate of drug-likeness (QED) is 0.0305. The maximum atomic E-state index is 14.3. The summed E-state index contributed by atoms with van der Waals surface area (Å²) in [6.07, 6.45) is -0.112. The number of ether oxygens (including phenoxy) is 5. The summed E-state index contributed by atoms with van der Waals surface area (Å²) in [6, 6.07) is 8.98. The van der Waals surface area contributed by atoms with Gasteiger partial charge in [-0.25, -0.2) is 33.5 Å². The fraction of sp³-hybridized carbons (Fsp3) is 0.489. The monoisotopic (exact) mass is 1070 g/mol. The molecule has 0 saturated carbocycles. The molecule has 3 atom stereocenters. The van der Waals surface area contributed by atoms with Gasteiger partial charge in [-0.3, -0.25) is 24.7 Å². The van der Waals surface area contributed by atoms with E-state index in [9.17, 15) is 33.6 Å². The Balaban J connectivity index is 1.43. The predicted octanol–water partition coefficient (Wildman–Crippen LogP) is 5.88. The van der Waals surface area contributed by atoms with Crippen LogP contribution in [0.5, 0.6) is 5.75 Å². The van der Waals surface area contributed by atoms with Crippen LogP contribution in [0.25, 0.3) is 0 Å². The number of amides is 5. The number of rotatable bonds is 17. The molecular weight excluding hydrogens is 1010 g/mol. The first kappa shape index (κ1) is 57.3. The molecule has 0 unspecified atom stereocenters. The van der Waals surface area contributed by atoms with E-state index in [1.807, 2.05) is 0 Å². The number of β-lactam (4-membered cyclic amide) rings is 1. The highest BCUT2D eigenvalue weighted by atomic mass is 35.5. The van der Waals surface area contributed by atoms with Crippen LogP contribution in [0, 0.1) is 0 Å². The zero-order chi connectivity index (χ0) is 54.2. The van der Waals surface area contributed by atoms with Crippen molar-refractivity contribution in [2.24, 2.45) is 5.16 Å². The summed E-state index contributed by atoms with van der Waals surface area (Å²) in [5, 5.41) is 8.01. The van der Waals surface area contributed by atoms with Crippen LogP contribution in [0.4, 0.5) is 25.2 Å². The first-order valence-electron chi connectivity index (χ1n) is 22.6. The maximum absolute atomic E-state index is 14.3. The number of carbonyl (C=O) groups is 7. The number of carbonyl (C=O) groups excluding carboxylic acids is 7. The molecule has 5 rings (SSSR count). The Labute approximate surface area is 437 Å². The Bertz CT molecular complexity index is 2610. The van der Waals surface area contributed by atoms with Crippen LogP contribution in [-0.2, 0) is 60.8 Å². The molecule has 5 amide bonds. The van der Waals surface area contributed by atoms with E-state index in [-0.39, 0.29) is 52.9 Å². The molecule has 73 heavy (non-hydrogen) atoms. The van der Waals surface area contributed by atoms with Gasteiger partial charge in [0.05, 0.1) is 12.8 Å². The third-order valence-corrected chi connectivity index (χ3v) is 12.5. The smallest absolute Gasteiger partial charge is 0.414 e. The van der Waals surface area contributed by atoms with E-state index in [2.05, 4.69) is 25.4 Å². The second-order valence-corrected chi connectivity index (χ2v) is 22.1. The van der Waals surface area contributed by atoms with Crippen LogP contribution < -0.4 is 24.8 Å². The fourth-order valence-electron chi connectivity index (χ4n) is 6.58. The Morgan fingerprint density at radius 2 is 1.55 bits per heavy atom. The van der Waals surface area contributed by atoms with Crippen molar-refractivity contribution in [1.29, 1.82) is 0 Å². The molecule has 22 nitrogen and oxygen atoms in total. The average molecular weight is 1070 g/mol. The second-order valence-electron chi connectivity index (χ2n) is 19.4. The first-order chi connectivity index (χ1) is 34.1. The molecule has 2 aliphatic rings. The van der Waals surface area contributed by atoms with Gasteiger partial charge in [0.1, 0.15) is 56.3 Å². The molecule has 0 aliphatic carbocycles. The van der Waals surface area contributed by atoms with E-state index in [0.29, 0.717) is 22.6 Å². The fourth-order valence-corrected chi connectivity index (χ4v) is 8.94. The molecule has 2 radical (unpaired) electrons. The number of thiazole rings is 1. The van der Waals surface area contributed by atoms with Crippen LogP contribution in [0.3, 0.4) is 0 Å². The third kappa shape index (κ3) is 15.9. The zero-order valence-corrected chi connectivity index (χ0v) is 44.9. The van der Waals surface area contributed by atoms with Gasteiger partial charge in [-0.15, -0.1) is 11.8 Å². The van der Waals surface area contributed by atoms with Gasteiger partial charge in [-0.2, -0.15) is 0 Å². The molecule has 0 spiro atoms. The summed E-state index contributed by atoms with van der Waals surface area (Å²) < 4.78 is 33.4. The van der Waals surface area contributed by atoms with Gasteiger partial charge in [0.2, 0.25) is 6.10 Å². The summed E-state index contributed by atoms with van der Waals surface area (Å²) in [5.41, 5.74) is -1.73. The number of aromatic nitrogens is 2. The number of nitrogens with zero attached hydrogens (tertiary/aromatic N) is 6. The van der Waals surface area contributed by atoms with Crippen molar-refractivity contribution in [2.45, 2.75) is 117 Å². The lowest BCUT2D eigenvalue weighted by atomic mass is 10.0. The molecule has 2 aliphatic heterocycles. The molecule has 3 aromatic rings. The summed E-state index contributed by atoms with van der Waals surface area (Å²) in [6.45, 7) is 16.8. The van der Waals surface area contributed by atoms with Gasteiger partial charge in [0.25, 0.3) is 11.8 Å². The average Bonchev–Trinajstić information content (AvgIpc) is 3.66. The molecule has 2 aromatic heterocycles. The number of oxime groups is 1. The topological polar surface area (TPSA) is 247 Å². The van der Waals surface area contributed by atoms with Crippen molar-refractivity contribution >= 4 is 101 Å². The molecule has 0 bridgehead atoms. The van der Waals surface area contributed by atoms with Gasteiger partial charge in [0, 0.05) is 43.6 Å². The molecule has 1 fully saturated rings.